The Hall–Kier alpha value is -1.92. The molecule has 0 saturated heterocycles. The second-order valence-corrected chi connectivity index (χ2v) is 6.91. The molecule has 1 heterocycles. The van der Waals surface area contributed by atoms with Crippen LogP contribution in [0.15, 0.2) is 47.4 Å². The molecule has 0 aliphatic carbocycles. The van der Waals surface area contributed by atoms with Gasteiger partial charge in [-0.3, -0.25) is 4.31 Å². The molecular formula is C14H13ClN2O3S. The first-order chi connectivity index (χ1) is 9.98. The topological polar surface area (TPSA) is 72.6 Å². The highest BCUT2D eigenvalue weighted by molar-refractivity contribution is 7.92. The van der Waals surface area contributed by atoms with Crippen LogP contribution in [0.3, 0.4) is 0 Å². The van der Waals surface area contributed by atoms with Gasteiger partial charge in [0.1, 0.15) is 12.4 Å². The third-order valence-corrected chi connectivity index (χ3v) is 5.23. The summed E-state index contributed by atoms with van der Waals surface area (Å²) in [7, 11) is -3.70. The monoisotopic (exact) mass is 324 g/mol. The van der Waals surface area contributed by atoms with Gasteiger partial charge in [-0.2, -0.15) is 0 Å². The molecule has 2 N–H and O–H groups in total. The summed E-state index contributed by atoms with van der Waals surface area (Å²) in [6, 6.07) is 11.1. The number of fused-ring (bicyclic) bond motifs is 1. The molecule has 3 rings (SSSR count). The van der Waals surface area contributed by atoms with Crippen molar-refractivity contribution in [3.8, 4) is 5.75 Å². The van der Waals surface area contributed by atoms with E-state index in [1.165, 1.54) is 16.4 Å². The molecule has 0 atom stereocenters. The number of hydrogen-bond acceptors (Lipinski definition) is 4. The molecule has 0 saturated carbocycles. The average Bonchev–Trinajstić information content (AvgIpc) is 2.46. The molecule has 21 heavy (non-hydrogen) atoms. The summed E-state index contributed by atoms with van der Waals surface area (Å²) in [5.74, 6) is 0.501. The fourth-order valence-corrected chi connectivity index (χ4v) is 3.97. The van der Waals surface area contributed by atoms with Crippen LogP contribution in [0.2, 0.25) is 5.02 Å². The molecule has 7 heteroatoms. The fraction of sp³-hybridized carbons (Fsp3) is 0.143. The van der Waals surface area contributed by atoms with Gasteiger partial charge in [-0.15, -0.1) is 0 Å². The van der Waals surface area contributed by atoms with Crippen LogP contribution < -0.4 is 14.8 Å². The van der Waals surface area contributed by atoms with Crippen LogP contribution in [0.4, 0.5) is 11.4 Å². The second-order valence-electron chi connectivity index (χ2n) is 4.61. The molecule has 0 aromatic heterocycles. The highest BCUT2D eigenvalue weighted by atomic mass is 35.5. The number of ether oxygens (including phenoxy) is 1. The summed E-state index contributed by atoms with van der Waals surface area (Å²) in [6.07, 6.45) is 0. The van der Waals surface area contributed by atoms with E-state index in [-0.39, 0.29) is 18.0 Å². The van der Waals surface area contributed by atoms with Gasteiger partial charge >= 0.3 is 0 Å². The molecule has 5 nitrogen and oxygen atoms in total. The zero-order valence-electron chi connectivity index (χ0n) is 11.0. The predicted molar refractivity (Wildman–Crippen MR) is 82.3 cm³/mol. The van der Waals surface area contributed by atoms with E-state index < -0.39 is 10.0 Å². The Morgan fingerprint density at radius 2 is 2.00 bits per heavy atom. The van der Waals surface area contributed by atoms with Gasteiger partial charge in [-0.1, -0.05) is 17.7 Å². The van der Waals surface area contributed by atoms with E-state index in [0.717, 1.165) is 0 Å². The van der Waals surface area contributed by atoms with Crippen LogP contribution in [0.1, 0.15) is 0 Å². The number of halogens is 1. The molecule has 1 aliphatic heterocycles. The molecule has 0 unspecified atom stereocenters. The van der Waals surface area contributed by atoms with Crippen LogP contribution >= 0.6 is 11.6 Å². The maximum atomic E-state index is 12.8. The molecule has 110 valence electrons. The van der Waals surface area contributed by atoms with Gasteiger partial charge < -0.3 is 10.5 Å². The normalized spacial score (nSPS) is 14.4. The molecule has 1 aliphatic rings. The fourth-order valence-electron chi connectivity index (χ4n) is 2.21. The highest BCUT2D eigenvalue weighted by Crippen LogP contribution is 2.36. The van der Waals surface area contributed by atoms with Gasteiger partial charge in [0.05, 0.1) is 17.1 Å². The number of nitrogen functional groups attached to an aromatic ring is 1. The summed E-state index contributed by atoms with van der Waals surface area (Å²) < 4.78 is 32.3. The third-order valence-electron chi connectivity index (χ3n) is 3.19. The van der Waals surface area contributed by atoms with Crippen molar-refractivity contribution in [1.82, 2.24) is 0 Å². The van der Waals surface area contributed by atoms with Gasteiger partial charge in [0.15, 0.2) is 0 Å². The van der Waals surface area contributed by atoms with Gasteiger partial charge in [-0.05, 0) is 36.4 Å². The Bertz CT molecular complexity index is 793. The van der Waals surface area contributed by atoms with Crippen LogP contribution in [0.5, 0.6) is 5.75 Å². The lowest BCUT2D eigenvalue weighted by atomic mass is 10.2. The maximum absolute atomic E-state index is 12.8. The number of anilines is 2. The van der Waals surface area contributed by atoms with Crippen molar-refractivity contribution in [2.45, 2.75) is 4.90 Å². The molecular weight excluding hydrogens is 312 g/mol. The minimum atomic E-state index is -3.70. The molecule has 2 aromatic rings. The number of nitrogens with two attached hydrogens (primary N) is 1. The summed E-state index contributed by atoms with van der Waals surface area (Å²) in [5, 5.41) is 0.372. The molecule has 0 fully saturated rings. The Labute approximate surface area is 127 Å². The maximum Gasteiger partial charge on any atom is 0.264 e. The quantitative estimate of drug-likeness (QED) is 0.861. The average molecular weight is 325 g/mol. The minimum absolute atomic E-state index is 0.144. The summed E-state index contributed by atoms with van der Waals surface area (Å²) in [6.45, 7) is 0.516. The summed E-state index contributed by atoms with van der Waals surface area (Å²) in [5.41, 5.74) is 6.67. The Morgan fingerprint density at radius 3 is 2.76 bits per heavy atom. The van der Waals surface area contributed by atoms with Crippen LogP contribution in [0.25, 0.3) is 0 Å². The lowest BCUT2D eigenvalue weighted by Gasteiger charge is -2.30. The van der Waals surface area contributed by atoms with E-state index in [1.54, 1.807) is 30.3 Å². The van der Waals surface area contributed by atoms with E-state index in [0.29, 0.717) is 22.1 Å². The standard InChI is InChI=1S/C14H13ClN2O3S/c15-10-2-1-3-12(8-10)21(18,19)17-6-7-20-14-5-4-11(16)9-13(14)17/h1-5,8-9H,6-7,16H2. The minimum Gasteiger partial charge on any atom is -0.489 e. The van der Waals surface area contributed by atoms with Crippen LogP contribution in [0, 0.1) is 0 Å². The first-order valence-corrected chi connectivity index (χ1v) is 8.11. The van der Waals surface area contributed by atoms with Gasteiger partial charge in [0.2, 0.25) is 0 Å². The number of rotatable bonds is 2. The van der Waals surface area contributed by atoms with Crippen molar-refractivity contribution in [1.29, 1.82) is 0 Å². The van der Waals surface area contributed by atoms with Crippen molar-refractivity contribution >= 4 is 33.0 Å². The van der Waals surface area contributed by atoms with Gasteiger partial charge in [-0.25, -0.2) is 8.42 Å². The van der Waals surface area contributed by atoms with Crippen molar-refractivity contribution in [3.05, 3.63) is 47.5 Å². The molecule has 0 radical (unpaired) electrons. The zero-order chi connectivity index (χ0) is 15.0. The van der Waals surface area contributed by atoms with E-state index in [2.05, 4.69) is 0 Å². The molecule has 0 bridgehead atoms. The van der Waals surface area contributed by atoms with Crippen molar-refractivity contribution < 1.29 is 13.2 Å². The van der Waals surface area contributed by atoms with Crippen LogP contribution in [-0.2, 0) is 10.0 Å². The number of nitrogens with zero attached hydrogens (tertiary/aromatic N) is 1. The van der Waals surface area contributed by atoms with Crippen molar-refractivity contribution in [2.24, 2.45) is 0 Å². The van der Waals surface area contributed by atoms with Gasteiger partial charge in [0.25, 0.3) is 10.0 Å². The Balaban J connectivity index is 2.11. The summed E-state index contributed by atoms with van der Waals surface area (Å²) in [4.78, 5) is 0.144. The molecule has 0 amide bonds. The lowest BCUT2D eigenvalue weighted by molar-refractivity contribution is 0.316. The van der Waals surface area contributed by atoms with E-state index in [1.807, 2.05) is 0 Å². The van der Waals surface area contributed by atoms with Gasteiger partial charge in [0, 0.05) is 10.7 Å². The largest absolute Gasteiger partial charge is 0.489 e. The van der Waals surface area contributed by atoms with E-state index in [9.17, 15) is 8.42 Å². The van der Waals surface area contributed by atoms with E-state index >= 15 is 0 Å². The number of hydrogen-bond donors (Lipinski definition) is 1. The highest BCUT2D eigenvalue weighted by Gasteiger charge is 2.30. The van der Waals surface area contributed by atoms with E-state index in [4.69, 9.17) is 22.1 Å². The summed E-state index contributed by atoms with van der Waals surface area (Å²) >= 11 is 5.89. The van der Waals surface area contributed by atoms with Crippen molar-refractivity contribution in [3.63, 3.8) is 0 Å². The number of sulfonamides is 1. The van der Waals surface area contributed by atoms with Crippen LogP contribution in [-0.4, -0.2) is 21.6 Å². The third kappa shape index (κ3) is 2.52. The Kier molecular flexibility index (Phi) is 3.43. The molecule has 2 aromatic carbocycles. The smallest absolute Gasteiger partial charge is 0.264 e. The van der Waals surface area contributed by atoms with Crippen molar-refractivity contribution in [2.75, 3.05) is 23.2 Å². The lowest BCUT2D eigenvalue weighted by Crippen LogP contribution is -2.37. The predicted octanol–water partition coefficient (Wildman–Crippen LogP) is 2.51. The number of benzene rings is 2. The SMILES string of the molecule is Nc1ccc2c(c1)N(S(=O)(=O)c1cccc(Cl)c1)CCO2. The second kappa shape index (κ2) is 5.13. The first kappa shape index (κ1) is 14.0. The molecule has 0 spiro atoms. The zero-order valence-corrected chi connectivity index (χ0v) is 12.6. The Morgan fingerprint density at radius 1 is 1.19 bits per heavy atom. The first-order valence-electron chi connectivity index (χ1n) is 6.29.